The molecule has 3 aromatic rings. The van der Waals surface area contributed by atoms with E-state index >= 15 is 0 Å². The highest BCUT2D eigenvalue weighted by atomic mass is 35.5. The van der Waals surface area contributed by atoms with Crippen LogP contribution in [0.4, 0.5) is 5.69 Å². The topological polar surface area (TPSA) is 44.9 Å². The molecule has 0 spiro atoms. The fourth-order valence-corrected chi connectivity index (χ4v) is 2.71. The molecular formula is C18H15ClN2OS. The molecule has 0 bridgehead atoms. The Hall–Kier alpha value is -2.17. The summed E-state index contributed by atoms with van der Waals surface area (Å²) in [6, 6.07) is 14.6. The molecule has 3 rings (SSSR count). The molecule has 23 heavy (non-hydrogen) atoms. The average molecular weight is 343 g/mol. The van der Waals surface area contributed by atoms with Gasteiger partial charge in [-0.3, -0.25) is 4.79 Å². The molecule has 0 aliphatic carbocycles. The van der Waals surface area contributed by atoms with E-state index in [0.29, 0.717) is 33.4 Å². The zero-order valence-corrected chi connectivity index (χ0v) is 14.1. The first-order chi connectivity index (χ1) is 11.1. The van der Waals surface area contributed by atoms with E-state index in [2.05, 4.69) is 10.3 Å². The van der Waals surface area contributed by atoms with Gasteiger partial charge in [-0.25, -0.2) is 0 Å². The SMILES string of the molecule is CCC(=S)Nc1c(C(=O)c2ccccc2)[nH]c2cc(Cl)ccc12. The van der Waals surface area contributed by atoms with Crippen LogP contribution in [0.3, 0.4) is 0 Å². The van der Waals surface area contributed by atoms with Crippen molar-refractivity contribution in [2.75, 3.05) is 5.32 Å². The molecular weight excluding hydrogens is 328 g/mol. The van der Waals surface area contributed by atoms with Crippen LogP contribution in [0.15, 0.2) is 48.5 Å². The van der Waals surface area contributed by atoms with E-state index in [4.69, 9.17) is 23.8 Å². The van der Waals surface area contributed by atoms with E-state index in [1.807, 2.05) is 31.2 Å². The lowest BCUT2D eigenvalue weighted by molar-refractivity contribution is 0.103. The number of nitrogens with one attached hydrogen (secondary N) is 2. The highest BCUT2D eigenvalue weighted by molar-refractivity contribution is 7.80. The number of rotatable bonds is 4. The number of carbonyl (C=O) groups excluding carboxylic acids is 1. The Kier molecular flexibility index (Phi) is 4.46. The van der Waals surface area contributed by atoms with Gasteiger partial charge in [0.1, 0.15) is 5.69 Å². The molecule has 0 unspecified atom stereocenters. The van der Waals surface area contributed by atoms with Crippen molar-refractivity contribution in [1.29, 1.82) is 0 Å². The fourth-order valence-electron chi connectivity index (χ4n) is 2.43. The Morgan fingerprint density at radius 1 is 1.22 bits per heavy atom. The molecule has 2 N–H and O–H groups in total. The van der Waals surface area contributed by atoms with Crippen LogP contribution in [-0.4, -0.2) is 15.8 Å². The first-order valence-corrected chi connectivity index (χ1v) is 8.09. The molecule has 0 atom stereocenters. The van der Waals surface area contributed by atoms with Crippen molar-refractivity contribution in [1.82, 2.24) is 4.98 Å². The molecule has 0 aliphatic rings. The molecule has 116 valence electrons. The third-order valence-corrected chi connectivity index (χ3v) is 4.24. The fraction of sp³-hybridized carbons (Fsp3) is 0.111. The zero-order valence-electron chi connectivity index (χ0n) is 12.5. The van der Waals surface area contributed by atoms with Gasteiger partial charge in [-0.05, 0) is 24.6 Å². The van der Waals surface area contributed by atoms with Crippen molar-refractivity contribution in [3.63, 3.8) is 0 Å². The number of ketones is 1. The number of anilines is 1. The van der Waals surface area contributed by atoms with Gasteiger partial charge in [0.15, 0.2) is 0 Å². The molecule has 0 saturated heterocycles. The van der Waals surface area contributed by atoms with Gasteiger partial charge >= 0.3 is 0 Å². The summed E-state index contributed by atoms with van der Waals surface area (Å²) in [5, 5.41) is 4.70. The average Bonchev–Trinajstić information content (AvgIpc) is 2.92. The number of fused-ring (bicyclic) bond motifs is 1. The quantitative estimate of drug-likeness (QED) is 0.506. The van der Waals surface area contributed by atoms with Crippen molar-refractivity contribution in [3.05, 3.63) is 64.8 Å². The van der Waals surface area contributed by atoms with Gasteiger partial charge in [0.05, 0.1) is 10.7 Å². The number of hydrogen-bond acceptors (Lipinski definition) is 2. The molecule has 0 amide bonds. The first-order valence-electron chi connectivity index (χ1n) is 7.31. The van der Waals surface area contributed by atoms with Gasteiger partial charge in [-0.2, -0.15) is 0 Å². The van der Waals surface area contributed by atoms with Crippen LogP contribution in [0.5, 0.6) is 0 Å². The Morgan fingerprint density at radius 2 is 1.96 bits per heavy atom. The first kappa shape index (κ1) is 15.7. The number of hydrogen-bond donors (Lipinski definition) is 2. The molecule has 0 aliphatic heterocycles. The number of carbonyl (C=O) groups is 1. The second-order valence-corrected chi connectivity index (χ2v) is 6.09. The number of H-pyrrole nitrogens is 1. The van der Waals surface area contributed by atoms with Crippen molar-refractivity contribution in [3.8, 4) is 0 Å². The van der Waals surface area contributed by atoms with Gasteiger partial charge < -0.3 is 10.3 Å². The number of aromatic nitrogens is 1. The van der Waals surface area contributed by atoms with Crippen LogP contribution < -0.4 is 5.32 Å². The van der Waals surface area contributed by atoms with E-state index in [0.717, 1.165) is 10.9 Å². The summed E-state index contributed by atoms with van der Waals surface area (Å²) in [4.78, 5) is 16.7. The summed E-state index contributed by atoms with van der Waals surface area (Å²) >= 11 is 11.4. The van der Waals surface area contributed by atoms with E-state index in [1.165, 1.54) is 0 Å². The maximum atomic E-state index is 12.8. The van der Waals surface area contributed by atoms with Crippen molar-refractivity contribution < 1.29 is 4.79 Å². The smallest absolute Gasteiger partial charge is 0.211 e. The van der Waals surface area contributed by atoms with E-state index in [9.17, 15) is 4.79 Å². The van der Waals surface area contributed by atoms with E-state index in [-0.39, 0.29) is 5.78 Å². The third-order valence-electron chi connectivity index (χ3n) is 3.61. The predicted molar refractivity (Wildman–Crippen MR) is 99.7 cm³/mol. The molecule has 2 aromatic carbocycles. The van der Waals surface area contributed by atoms with Crippen LogP contribution in [0.25, 0.3) is 10.9 Å². The Labute approximate surface area is 144 Å². The van der Waals surface area contributed by atoms with Gasteiger partial charge in [-0.1, -0.05) is 61.1 Å². The number of benzene rings is 2. The highest BCUT2D eigenvalue weighted by Gasteiger charge is 2.19. The molecule has 1 heterocycles. The van der Waals surface area contributed by atoms with Crippen molar-refractivity contribution in [2.45, 2.75) is 13.3 Å². The van der Waals surface area contributed by atoms with Crippen LogP contribution in [-0.2, 0) is 0 Å². The van der Waals surface area contributed by atoms with Crippen LogP contribution >= 0.6 is 23.8 Å². The second kappa shape index (κ2) is 6.52. The highest BCUT2D eigenvalue weighted by Crippen LogP contribution is 2.31. The maximum absolute atomic E-state index is 12.8. The summed E-state index contributed by atoms with van der Waals surface area (Å²) < 4.78 is 0. The summed E-state index contributed by atoms with van der Waals surface area (Å²) in [5.74, 6) is -0.0840. The predicted octanol–water partition coefficient (Wildman–Crippen LogP) is 5.20. The Bertz CT molecular complexity index is 887. The van der Waals surface area contributed by atoms with Crippen molar-refractivity contribution in [2.24, 2.45) is 0 Å². The minimum atomic E-state index is -0.0840. The number of aromatic amines is 1. The number of halogens is 1. The Balaban J connectivity index is 2.16. The lowest BCUT2D eigenvalue weighted by Crippen LogP contribution is -2.11. The number of thiocarbonyl (C=S) groups is 1. The minimum absolute atomic E-state index is 0.0840. The van der Waals surface area contributed by atoms with Crippen LogP contribution in [0.2, 0.25) is 5.02 Å². The monoisotopic (exact) mass is 342 g/mol. The molecule has 0 radical (unpaired) electrons. The standard InChI is InChI=1S/C18H15ClN2OS/c1-2-15(23)21-16-13-9-8-12(19)10-14(13)20-17(16)18(22)11-6-4-3-5-7-11/h3-10,20H,2H2,1H3,(H,21,23). The minimum Gasteiger partial charge on any atom is -0.350 e. The van der Waals surface area contributed by atoms with Gasteiger partial charge in [0, 0.05) is 21.5 Å². The maximum Gasteiger partial charge on any atom is 0.211 e. The lowest BCUT2D eigenvalue weighted by Gasteiger charge is -2.08. The normalized spacial score (nSPS) is 10.7. The van der Waals surface area contributed by atoms with E-state index < -0.39 is 0 Å². The van der Waals surface area contributed by atoms with Gasteiger partial charge in [0.2, 0.25) is 5.78 Å². The second-order valence-electron chi connectivity index (χ2n) is 5.16. The lowest BCUT2D eigenvalue weighted by atomic mass is 10.1. The summed E-state index contributed by atoms with van der Waals surface area (Å²) in [6.45, 7) is 1.97. The zero-order chi connectivity index (χ0) is 16.4. The molecule has 0 saturated carbocycles. The summed E-state index contributed by atoms with van der Waals surface area (Å²) in [5.41, 5.74) is 2.62. The summed E-state index contributed by atoms with van der Waals surface area (Å²) in [6.07, 6.45) is 0.703. The van der Waals surface area contributed by atoms with Gasteiger partial charge in [-0.15, -0.1) is 0 Å². The Morgan fingerprint density at radius 3 is 2.65 bits per heavy atom. The molecule has 3 nitrogen and oxygen atoms in total. The van der Waals surface area contributed by atoms with E-state index in [1.54, 1.807) is 24.3 Å². The van der Waals surface area contributed by atoms with Crippen molar-refractivity contribution >= 4 is 51.2 Å². The van der Waals surface area contributed by atoms with Gasteiger partial charge in [0.25, 0.3) is 0 Å². The molecule has 0 fully saturated rings. The largest absolute Gasteiger partial charge is 0.350 e. The van der Waals surface area contributed by atoms with Crippen LogP contribution in [0, 0.1) is 0 Å². The molecule has 1 aromatic heterocycles. The molecule has 5 heteroatoms. The third kappa shape index (κ3) is 3.14. The van der Waals surface area contributed by atoms with Crippen LogP contribution in [0.1, 0.15) is 29.4 Å². The summed E-state index contributed by atoms with van der Waals surface area (Å²) in [7, 11) is 0.